The molecule has 0 aromatic carbocycles. The van der Waals surface area contributed by atoms with Crippen LogP contribution in [0, 0.1) is 29.1 Å². The average Bonchev–Trinajstić information content (AvgIpc) is 3.49. The molecule has 0 unspecified atom stereocenters. The van der Waals surface area contributed by atoms with Gasteiger partial charge in [-0.2, -0.15) is 0 Å². The predicted molar refractivity (Wildman–Crippen MR) is 152 cm³/mol. The smallest absolute Gasteiger partial charge is 0.348 e. The Morgan fingerprint density at radius 2 is 1.78 bits per heavy atom. The van der Waals surface area contributed by atoms with Gasteiger partial charge in [-0.05, 0) is 95.6 Å². The minimum absolute atomic E-state index is 0.0231. The Kier molecular flexibility index (Phi) is 8.91. The molecule has 0 aliphatic heterocycles. The number of rotatable bonds is 6. The van der Waals surface area contributed by atoms with Crippen molar-refractivity contribution < 1.29 is 14.7 Å². The van der Waals surface area contributed by atoms with Crippen LogP contribution in [0.5, 0.6) is 0 Å². The molecule has 2 heterocycles. The molecule has 4 nitrogen and oxygen atoms in total. The van der Waals surface area contributed by atoms with E-state index in [9.17, 15) is 14.7 Å². The van der Waals surface area contributed by atoms with Gasteiger partial charge < -0.3 is 10.0 Å². The first-order valence-electron chi connectivity index (χ1n) is 13.0. The van der Waals surface area contributed by atoms with Crippen molar-refractivity contribution in [2.75, 3.05) is 4.90 Å². The first-order chi connectivity index (χ1) is 17.1. The van der Waals surface area contributed by atoms with Gasteiger partial charge in [0.05, 0.1) is 14.8 Å². The number of carboxylic acids is 1. The normalized spacial score (nSPS) is 24.6. The second-order valence-electron chi connectivity index (χ2n) is 11.3. The maximum Gasteiger partial charge on any atom is 0.348 e. The summed E-state index contributed by atoms with van der Waals surface area (Å²) in [6, 6.07) is 6.16. The molecule has 2 aromatic rings. The maximum absolute atomic E-state index is 14.0. The van der Waals surface area contributed by atoms with Crippen molar-refractivity contribution in [1.29, 1.82) is 0 Å². The van der Waals surface area contributed by atoms with Crippen molar-refractivity contribution >= 4 is 52.0 Å². The van der Waals surface area contributed by atoms with Crippen LogP contribution >= 0.6 is 34.4 Å². The summed E-state index contributed by atoms with van der Waals surface area (Å²) in [5.41, 5.74) is 0.379. The molecule has 194 valence electrons. The Balaban J connectivity index is 1.62. The highest BCUT2D eigenvalue weighted by molar-refractivity contribution is 8.01. The number of amides is 1. The molecule has 1 amide bonds. The van der Waals surface area contributed by atoms with Gasteiger partial charge in [0.25, 0.3) is 0 Å². The molecule has 7 heteroatoms. The molecule has 2 saturated carbocycles. The van der Waals surface area contributed by atoms with E-state index in [2.05, 4.69) is 36.3 Å². The van der Waals surface area contributed by atoms with Gasteiger partial charge in [-0.3, -0.25) is 4.79 Å². The third-order valence-corrected chi connectivity index (χ3v) is 10.6. The molecule has 2 fully saturated rings. The Labute approximate surface area is 227 Å². The third kappa shape index (κ3) is 6.96. The minimum atomic E-state index is -0.976. The zero-order valence-electron chi connectivity index (χ0n) is 21.7. The zero-order chi connectivity index (χ0) is 25.9. The summed E-state index contributed by atoms with van der Waals surface area (Å²) in [7, 11) is 0. The lowest BCUT2D eigenvalue weighted by Gasteiger charge is -2.39. The topological polar surface area (TPSA) is 57.6 Å². The fourth-order valence-electron chi connectivity index (χ4n) is 5.14. The minimum Gasteiger partial charge on any atom is -0.477 e. The lowest BCUT2D eigenvalue weighted by atomic mass is 9.81. The number of carbonyl (C=O) groups is 2. The number of thiophene rings is 2. The molecule has 0 saturated heterocycles. The zero-order valence-corrected chi connectivity index (χ0v) is 24.2. The van der Waals surface area contributed by atoms with Crippen LogP contribution in [0.1, 0.15) is 93.6 Å². The molecule has 2 aliphatic rings. The summed E-state index contributed by atoms with van der Waals surface area (Å²) >= 11 is 4.92. The van der Waals surface area contributed by atoms with Crippen molar-refractivity contribution in [3.63, 3.8) is 0 Å². The second-order valence-corrected chi connectivity index (χ2v) is 14.9. The fraction of sp³-hybridized carbons (Fsp3) is 0.586. The third-order valence-electron chi connectivity index (χ3n) is 7.12. The van der Waals surface area contributed by atoms with Crippen molar-refractivity contribution in [3.8, 4) is 11.8 Å². The number of anilines is 1. The van der Waals surface area contributed by atoms with Gasteiger partial charge in [0.2, 0.25) is 5.91 Å². The molecule has 0 spiro atoms. The number of nitrogens with zero attached hydrogens (tertiary/aromatic N) is 1. The van der Waals surface area contributed by atoms with Crippen LogP contribution < -0.4 is 4.90 Å². The molecule has 2 aliphatic carbocycles. The number of aromatic carboxylic acids is 1. The highest BCUT2D eigenvalue weighted by atomic mass is 32.2. The first kappa shape index (κ1) is 27.3. The van der Waals surface area contributed by atoms with E-state index in [-0.39, 0.29) is 28.2 Å². The van der Waals surface area contributed by atoms with Crippen LogP contribution in [0.3, 0.4) is 0 Å². The van der Waals surface area contributed by atoms with Gasteiger partial charge in [-0.1, -0.05) is 24.8 Å². The van der Waals surface area contributed by atoms with Crippen LogP contribution in [0.4, 0.5) is 5.69 Å². The average molecular weight is 544 g/mol. The molecule has 0 bridgehead atoms. The molecule has 4 rings (SSSR count). The van der Waals surface area contributed by atoms with Gasteiger partial charge in [0.1, 0.15) is 4.88 Å². The van der Waals surface area contributed by atoms with Gasteiger partial charge in [-0.15, -0.1) is 34.4 Å². The van der Waals surface area contributed by atoms with Gasteiger partial charge >= 0.3 is 5.97 Å². The van der Waals surface area contributed by atoms with Gasteiger partial charge in [0.15, 0.2) is 0 Å². The van der Waals surface area contributed by atoms with Gasteiger partial charge in [-0.25, -0.2) is 4.79 Å². The molecule has 0 radical (unpaired) electrons. The summed E-state index contributed by atoms with van der Waals surface area (Å²) in [5.74, 6) is 6.17. The molecular weight excluding hydrogens is 507 g/mol. The van der Waals surface area contributed by atoms with E-state index in [0.717, 1.165) is 51.4 Å². The first-order valence-corrected chi connectivity index (χ1v) is 15.6. The van der Waals surface area contributed by atoms with Crippen molar-refractivity contribution in [1.82, 2.24) is 0 Å². The molecule has 2 aromatic heterocycles. The molecule has 1 N–H and O–H groups in total. The molecular formula is C29H37NO3S3. The summed E-state index contributed by atoms with van der Waals surface area (Å²) in [4.78, 5) is 29.2. The van der Waals surface area contributed by atoms with E-state index in [1.54, 1.807) is 11.3 Å². The van der Waals surface area contributed by atoms with E-state index >= 15 is 0 Å². The van der Waals surface area contributed by atoms with Crippen LogP contribution in [0.25, 0.3) is 0 Å². The summed E-state index contributed by atoms with van der Waals surface area (Å²) in [5, 5.41) is 12.7. The summed E-state index contributed by atoms with van der Waals surface area (Å²) < 4.78 is 1.34. The fourth-order valence-corrected chi connectivity index (χ4v) is 8.22. The number of carbonyl (C=O) groups excluding carboxylic acids is 1. The van der Waals surface area contributed by atoms with E-state index in [0.29, 0.717) is 21.7 Å². The Morgan fingerprint density at radius 1 is 1.08 bits per heavy atom. The Morgan fingerprint density at radius 3 is 2.36 bits per heavy atom. The van der Waals surface area contributed by atoms with E-state index in [1.165, 1.54) is 15.5 Å². The van der Waals surface area contributed by atoms with Crippen molar-refractivity contribution in [2.45, 2.75) is 94.6 Å². The highest BCUT2D eigenvalue weighted by Crippen LogP contribution is 2.41. The number of hydrogen-bond acceptors (Lipinski definition) is 5. The van der Waals surface area contributed by atoms with E-state index in [4.69, 9.17) is 0 Å². The maximum atomic E-state index is 14.0. The van der Waals surface area contributed by atoms with Crippen LogP contribution in [-0.4, -0.2) is 28.3 Å². The van der Waals surface area contributed by atoms with E-state index in [1.807, 2.05) is 43.5 Å². The Bertz CT molecular complexity index is 1100. The van der Waals surface area contributed by atoms with Crippen molar-refractivity contribution in [2.24, 2.45) is 17.3 Å². The summed E-state index contributed by atoms with van der Waals surface area (Å²) in [6.45, 7) is 8.38. The monoisotopic (exact) mass is 543 g/mol. The summed E-state index contributed by atoms with van der Waals surface area (Å²) in [6.07, 6.45) is 7.76. The SMILES string of the molecule is CC(C)(C)C#Cc1cc(N(C(=O)[C@H]2CC[C@H](C)CC2)[C@H]2CC[C@H](Sc3cccs3)CC2)c(C(=O)O)s1. The number of carboxylic acid groups (broad SMARTS) is 1. The van der Waals surface area contributed by atoms with Crippen LogP contribution in [0.15, 0.2) is 27.8 Å². The molecule has 36 heavy (non-hydrogen) atoms. The lowest BCUT2D eigenvalue weighted by Crippen LogP contribution is -2.46. The number of thioether (sulfide) groups is 1. The Hall–Kier alpha value is -1.75. The lowest BCUT2D eigenvalue weighted by molar-refractivity contribution is -0.124. The molecule has 0 atom stereocenters. The van der Waals surface area contributed by atoms with Crippen LogP contribution in [-0.2, 0) is 4.79 Å². The van der Waals surface area contributed by atoms with Crippen molar-refractivity contribution in [3.05, 3.63) is 33.3 Å². The van der Waals surface area contributed by atoms with Crippen LogP contribution in [0.2, 0.25) is 0 Å². The number of hydrogen-bond donors (Lipinski definition) is 1. The quantitative estimate of drug-likeness (QED) is 0.373. The highest BCUT2D eigenvalue weighted by Gasteiger charge is 2.37. The second kappa shape index (κ2) is 11.8. The largest absolute Gasteiger partial charge is 0.477 e. The van der Waals surface area contributed by atoms with Gasteiger partial charge in [0, 0.05) is 22.6 Å². The van der Waals surface area contributed by atoms with E-state index < -0.39 is 5.97 Å². The standard InChI is InChI=1S/C29H37NO3S3/c1-19-7-9-20(10-8-19)27(31)30(21-11-13-22(14-12-21)35-25-6-5-17-34-25)24-18-23(15-16-29(2,3)4)36-26(24)28(32)33/h5-6,17-22H,7-14H2,1-4H3,(H,32,33)/t19-,20-,21-,22-. The predicted octanol–water partition coefficient (Wildman–Crippen LogP) is 8.17.